The molecule has 1 fully saturated rings. The topological polar surface area (TPSA) is 49.8 Å². The molecule has 0 aliphatic carbocycles. The van der Waals surface area contributed by atoms with E-state index in [-0.39, 0.29) is 6.10 Å². The Morgan fingerprint density at radius 2 is 2.24 bits per heavy atom. The number of carboxylic acids is 1. The van der Waals surface area contributed by atoms with Crippen LogP contribution in [0.1, 0.15) is 40.0 Å². The summed E-state index contributed by atoms with van der Waals surface area (Å²) < 4.78 is 5.63. The molecule has 1 aliphatic rings. The maximum Gasteiger partial charge on any atom is 0.310 e. The maximum absolute atomic E-state index is 11.3. The van der Waals surface area contributed by atoms with Gasteiger partial charge in [0.15, 0.2) is 0 Å². The number of hydrogen-bond donors (Lipinski definition) is 1. The van der Waals surface area contributed by atoms with E-state index in [2.05, 4.69) is 4.90 Å². The van der Waals surface area contributed by atoms with Gasteiger partial charge in [0.1, 0.15) is 0 Å². The lowest BCUT2D eigenvalue weighted by molar-refractivity contribution is -0.150. The van der Waals surface area contributed by atoms with Crippen LogP contribution in [0.3, 0.4) is 0 Å². The molecule has 1 aliphatic heterocycles. The van der Waals surface area contributed by atoms with Gasteiger partial charge in [0.25, 0.3) is 0 Å². The number of carboxylic acid groups (broad SMARTS) is 1. The van der Waals surface area contributed by atoms with E-state index in [9.17, 15) is 9.90 Å². The van der Waals surface area contributed by atoms with Gasteiger partial charge in [0.2, 0.25) is 0 Å². The molecule has 0 aromatic rings. The number of aliphatic carboxylic acids is 1. The summed E-state index contributed by atoms with van der Waals surface area (Å²) in [5, 5.41) is 9.27. The van der Waals surface area contributed by atoms with Crippen LogP contribution in [0.5, 0.6) is 0 Å². The average molecular weight is 243 g/mol. The van der Waals surface area contributed by atoms with Gasteiger partial charge < -0.3 is 9.84 Å². The van der Waals surface area contributed by atoms with Crippen LogP contribution in [-0.2, 0) is 9.53 Å². The van der Waals surface area contributed by atoms with Crippen LogP contribution in [0.15, 0.2) is 0 Å². The van der Waals surface area contributed by atoms with Crippen LogP contribution in [-0.4, -0.2) is 48.3 Å². The second kappa shape index (κ2) is 6.36. The highest BCUT2D eigenvalue weighted by atomic mass is 16.5. The van der Waals surface area contributed by atoms with Gasteiger partial charge >= 0.3 is 5.97 Å². The smallest absolute Gasteiger partial charge is 0.310 e. The molecule has 1 saturated heterocycles. The molecule has 0 saturated carbocycles. The summed E-state index contributed by atoms with van der Waals surface area (Å²) in [6.45, 7) is 9.01. The molecule has 1 heterocycles. The molecule has 1 rings (SSSR count). The summed E-state index contributed by atoms with van der Waals surface area (Å²) in [5.74, 6) is -0.696. The Hall–Kier alpha value is -0.610. The lowest BCUT2D eigenvalue weighted by atomic mass is 9.86. The first-order chi connectivity index (χ1) is 8.01. The third-order valence-corrected chi connectivity index (χ3v) is 3.73. The Bertz CT molecular complexity index is 255. The Morgan fingerprint density at radius 3 is 2.76 bits per heavy atom. The number of piperidine rings is 1. The van der Waals surface area contributed by atoms with Crippen molar-refractivity contribution in [3.63, 3.8) is 0 Å². The summed E-state index contributed by atoms with van der Waals surface area (Å²) in [6, 6.07) is 0. The maximum atomic E-state index is 11.3. The van der Waals surface area contributed by atoms with Crippen molar-refractivity contribution in [2.24, 2.45) is 5.41 Å². The number of ether oxygens (including phenoxy) is 1. The molecule has 0 bridgehead atoms. The first-order valence-corrected chi connectivity index (χ1v) is 6.59. The number of likely N-dealkylation sites (tertiary alicyclic amines) is 1. The van der Waals surface area contributed by atoms with Crippen molar-refractivity contribution in [3.05, 3.63) is 0 Å². The molecule has 1 N–H and O–H groups in total. The van der Waals surface area contributed by atoms with Crippen LogP contribution in [0.4, 0.5) is 0 Å². The summed E-state index contributed by atoms with van der Waals surface area (Å²) in [4.78, 5) is 13.5. The zero-order chi connectivity index (χ0) is 12.9. The SMILES string of the molecule is CCOC1CCCN(CC(C)(CC)C(=O)O)C1. The van der Waals surface area contributed by atoms with Crippen molar-refractivity contribution >= 4 is 5.97 Å². The van der Waals surface area contributed by atoms with E-state index >= 15 is 0 Å². The number of carbonyl (C=O) groups is 1. The molecule has 0 amide bonds. The third-order valence-electron chi connectivity index (χ3n) is 3.73. The molecule has 2 unspecified atom stereocenters. The number of nitrogens with zero attached hydrogens (tertiary/aromatic N) is 1. The summed E-state index contributed by atoms with van der Waals surface area (Å²) in [7, 11) is 0. The number of hydrogen-bond acceptors (Lipinski definition) is 3. The van der Waals surface area contributed by atoms with E-state index in [1.54, 1.807) is 0 Å². The largest absolute Gasteiger partial charge is 0.481 e. The number of rotatable bonds is 6. The summed E-state index contributed by atoms with van der Waals surface area (Å²) >= 11 is 0. The van der Waals surface area contributed by atoms with E-state index in [0.717, 1.165) is 32.5 Å². The minimum absolute atomic E-state index is 0.281. The molecule has 17 heavy (non-hydrogen) atoms. The normalized spacial score (nSPS) is 25.5. The lowest BCUT2D eigenvalue weighted by Crippen LogP contribution is -2.47. The molecule has 2 atom stereocenters. The molecule has 100 valence electrons. The fraction of sp³-hybridized carbons (Fsp3) is 0.923. The van der Waals surface area contributed by atoms with Crippen molar-refractivity contribution in [3.8, 4) is 0 Å². The van der Waals surface area contributed by atoms with Gasteiger partial charge in [-0.2, -0.15) is 0 Å². The monoisotopic (exact) mass is 243 g/mol. The molecule has 0 radical (unpaired) electrons. The molecular formula is C13H25NO3. The average Bonchev–Trinajstić information content (AvgIpc) is 2.29. The highest BCUT2D eigenvalue weighted by molar-refractivity contribution is 5.74. The van der Waals surface area contributed by atoms with E-state index < -0.39 is 11.4 Å². The van der Waals surface area contributed by atoms with Crippen molar-refractivity contribution in [2.45, 2.75) is 46.1 Å². The van der Waals surface area contributed by atoms with Crippen LogP contribution in [0.25, 0.3) is 0 Å². The molecular weight excluding hydrogens is 218 g/mol. The molecule has 0 aromatic heterocycles. The van der Waals surface area contributed by atoms with Crippen LogP contribution < -0.4 is 0 Å². The Morgan fingerprint density at radius 1 is 1.53 bits per heavy atom. The molecule has 0 spiro atoms. The van der Waals surface area contributed by atoms with E-state index in [4.69, 9.17) is 4.74 Å². The quantitative estimate of drug-likeness (QED) is 0.775. The molecule has 4 nitrogen and oxygen atoms in total. The van der Waals surface area contributed by atoms with Gasteiger partial charge in [-0.3, -0.25) is 9.69 Å². The molecule has 4 heteroatoms. The predicted octanol–water partition coefficient (Wildman–Crippen LogP) is 1.99. The van der Waals surface area contributed by atoms with Crippen molar-refractivity contribution in [2.75, 3.05) is 26.2 Å². The Balaban J connectivity index is 2.52. The van der Waals surface area contributed by atoms with Crippen molar-refractivity contribution < 1.29 is 14.6 Å². The van der Waals surface area contributed by atoms with E-state index in [1.807, 2.05) is 20.8 Å². The Kier molecular flexibility index (Phi) is 5.40. The molecule has 0 aromatic carbocycles. The highest BCUT2D eigenvalue weighted by Gasteiger charge is 2.34. The van der Waals surface area contributed by atoms with Crippen molar-refractivity contribution in [1.82, 2.24) is 4.90 Å². The highest BCUT2D eigenvalue weighted by Crippen LogP contribution is 2.25. The van der Waals surface area contributed by atoms with Crippen molar-refractivity contribution in [1.29, 1.82) is 0 Å². The second-order valence-corrected chi connectivity index (χ2v) is 5.17. The predicted molar refractivity (Wildman–Crippen MR) is 67.1 cm³/mol. The van der Waals surface area contributed by atoms with Gasteiger partial charge in [0, 0.05) is 19.7 Å². The second-order valence-electron chi connectivity index (χ2n) is 5.17. The minimum atomic E-state index is -0.696. The summed E-state index contributed by atoms with van der Waals surface area (Å²) in [5.41, 5.74) is -0.631. The van der Waals surface area contributed by atoms with Gasteiger partial charge in [0.05, 0.1) is 11.5 Å². The van der Waals surface area contributed by atoms with Gasteiger partial charge in [-0.1, -0.05) is 6.92 Å². The van der Waals surface area contributed by atoms with Crippen LogP contribution >= 0.6 is 0 Å². The van der Waals surface area contributed by atoms with E-state index in [0.29, 0.717) is 13.0 Å². The first kappa shape index (κ1) is 14.5. The summed E-state index contributed by atoms with van der Waals surface area (Å²) in [6.07, 6.45) is 3.14. The van der Waals surface area contributed by atoms with Gasteiger partial charge in [-0.05, 0) is 39.7 Å². The van der Waals surface area contributed by atoms with Gasteiger partial charge in [-0.25, -0.2) is 0 Å². The minimum Gasteiger partial charge on any atom is -0.481 e. The Labute approximate surface area is 104 Å². The fourth-order valence-corrected chi connectivity index (χ4v) is 2.35. The van der Waals surface area contributed by atoms with E-state index in [1.165, 1.54) is 0 Å². The lowest BCUT2D eigenvalue weighted by Gasteiger charge is -2.37. The zero-order valence-electron chi connectivity index (χ0n) is 11.2. The fourth-order valence-electron chi connectivity index (χ4n) is 2.35. The third kappa shape index (κ3) is 3.96. The van der Waals surface area contributed by atoms with Gasteiger partial charge in [-0.15, -0.1) is 0 Å². The van der Waals surface area contributed by atoms with Crippen LogP contribution in [0, 0.1) is 5.41 Å². The standard InChI is InChI=1S/C13H25NO3/c1-4-13(3,12(15)16)10-14-8-6-7-11(9-14)17-5-2/h11H,4-10H2,1-3H3,(H,15,16). The van der Waals surface area contributed by atoms with Crippen LogP contribution in [0.2, 0.25) is 0 Å². The first-order valence-electron chi connectivity index (χ1n) is 6.59. The zero-order valence-corrected chi connectivity index (χ0v) is 11.2.